The number of amides is 1. The minimum Gasteiger partial charge on any atom is -0.495 e. The molecule has 1 aliphatic heterocycles. The Labute approximate surface area is 171 Å². The van der Waals surface area contributed by atoms with Gasteiger partial charge in [-0.3, -0.25) is 4.79 Å². The molecule has 1 aliphatic rings. The van der Waals surface area contributed by atoms with Crippen LogP contribution < -0.4 is 14.8 Å². The number of methoxy groups -OCH3 is 1. The van der Waals surface area contributed by atoms with Crippen LogP contribution in [0.15, 0.2) is 47.4 Å². The number of nitrogens with zero attached hydrogens (tertiary/aromatic N) is 1. The van der Waals surface area contributed by atoms with Gasteiger partial charge in [0.25, 0.3) is 5.91 Å². The number of piperidine rings is 1. The highest BCUT2D eigenvalue weighted by molar-refractivity contribution is 7.89. The minimum atomic E-state index is -3.71. The summed E-state index contributed by atoms with van der Waals surface area (Å²) in [6, 6.07) is 11.5. The average Bonchev–Trinajstić information content (AvgIpc) is 2.75. The highest BCUT2D eigenvalue weighted by Crippen LogP contribution is 2.31. The Morgan fingerprint density at radius 3 is 2.48 bits per heavy atom. The number of benzene rings is 2. The lowest BCUT2D eigenvalue weighted by molar-refractivity contribution is 0.102. The number of anilines is 1. The lowest BCUT2D eigenvalue weighted by Crippen LogP contribution is -2.35. The SMILES string of the molecule is CCOc1ccccc1C(=O)Nc1ccc(OC)c(S(=O)(=O)N2CCCCC2)c1. The third-order valence-electron chi connectivity index (χ3n) is 4.79. The maximum absolute atomic E-state index is 13.1. The summed E-state index contributed by atoms with van der Waals surface area (Å²) < 4.78 is 38.5. The fraction of sp³-hybridized carbons (Fsp3) is 0.381. The number of hydrogen-bond acceptors (Lipinski definition) is 5. The van der Waals surface area contributed by atoms with Gasteiger partial charge in [-0.05, 0) is 50.1 Å². The number of para-hydroxylation sites is 1. The molecule has 1 fully saturated rings. The van der Waals surface area contributed by atoms with Crippen molar-refractivity contribution in [3.63, 3.8) is 0 Å². The number of nitrogens with one attached hydrogen (secondary N) is 1. The van der Waals surface area contributed by atoms with Gasteiger partial charge in [0.05, 0.1) is 19.3 Å². The molecule has 0 atom stereocenters. The number of hydrogen-bond donors (Lipinski definition) is 1. The van der Waals surface area contributed by atoms with Crippen LogP contribution in [0, 0.1) is 0 Å². The molecule has 2 aromatic carbocycles. The maximum Gasteiger partial charge on any atom is 0.259 e. The van der Waals surface area contributed by atoms with Crippen LogP contribution in [0.3, 0.4) is 0 Å². The second kappa shape index (κ2) is 9.28. The summed E-state index contributed by atoms with van der Waals surface area (Å²) in [6.07, 6.45) is 2.71. The summed E-state index contributed by atoms with van der Waals surface area (Å²) >= 11 is 0. The largest absolute Gasteiger partial charge is 0.495 e. The Morgan fingerprint density at radius 2 is 1.79 bits per heavy atom. The van der Waals surface area contributed by atoms with E-state index in [4.69, 9.17) is 9.47 Å². The highest BCUT2D eigenvalue weighted by atomic mass is 32.2. The highest BCUT2D eigenvalue weighted by Gasteiger charge is 2.29. The van der Waals surface area contributed by atoms with Crippen molar-refractivity contribution in [3.8, 4) is 11.5 Å². The van der Waals surface area contributed by atoms with Crippen molar-refractivity contribution in [2.45, 2.75) is 31.1 Å². The molecule has 3 rings (SSSR count). The van der Waals surface area contributed by atoms with Gasteiger partial charge < -0.3 is 14.8 Å². The van der Waals surface area contributed by atoms with E-state index in [1.807, 2.05) is 6.92 Å². The summed E-state index contributed by atoms with van der Waals surface area (Å²) in [5, 5.41) is 2.77. The number of carbonyl (C=O) groups excluding carboxylic acids is 1. The summed E-state index contributed by atoms with van der Waals surface area (Å²) in [5.41, 5.74) is 0.753. The molecule has 29 heavy (non-hydrogen) atoms. The zero-order valence-corrected chi connectivity index (χ0v) is 17.5. The zero-order valence-electron chi connectivity index (χ0n) is 16.7. The quantitative estimate of drug-likeness (QED) is 0.744. The van der Waals surface area contributed by atoms with Crippen molar-refractivity contribution in [1.29, 1.82) is 0 Å². The molecular weight excluding hydrogens is 392 g/mol. The molecule has 1 N–H and O–H groups in total. The van der Waals surface area contributed by atoms with Crippen LogP contribution in [0.2, 0.25) is 0 Å². The summed E-state index contributed by atoms with van der Waals surface area (Å²) in [5.74, 6) is 0.353. The van der Waals surface area contributed by atoms with Gasteiger partial charge in [0.15, 0.2) is 0 Å². The predicted octanol–water partition coefficient (Wildman–Crippen LogP) is 3.52. The van der Waals surface area contributed by atoms with Crippen molar-refractivity contribution in [1.82, 2.24) is 4.31 Å². The Bertz CT molecular complexity index is 969. The van der Waals surface area contributed by atoms with E-state index in [0.717, 1.165) is 19.3 Å². The molecule has 0 bridgehead atoms. The topological polar surface area (TPSA) is 84.9 Å². The molecule has 0 aromatic heterocycles. The van der Waals surface area contributed by atoms with Crippen molar-refractivity contribution in [2.24, 2.45) is 0 Å². The van der Waals surface area contributed by atoms with E-state index in [2.05, 4.69) is 5.32 Å². The number of rotatable bonds is 7. The maximum atomic E-state index is 13.1. The van der Waals surface area contributed by atoms with Crippen LogP contribution in [-0.2, 0) is 10.0 Å². The van der Waals surface area contributed by atoms with E-state index in [-0.39, 0.29) is 16.6 Å². The third kappa shape index (κ3) is 4.71. The van der Waals surface area contributed by atoms with Gasteiger partial charge in [0, 0.05) is 18.8 Å². The van der Waals surface area contributed by atoms with Crippen LogP contribution >= 0.6 is 0 Å². The Morgan fingerprint density at radius 1 is 1.07 bits per heavy atom. The molecular formula is C21H26N2O5S. The molecule has 1 heterocycles. The molecule has 0 unspecified atom stereocenters. The monoisotopic (exact) mass is 418 g/mol. The second-order valence-corrected chi connectivity index (χ2v) is 8.62. The first kappa shape index (κ1) is 21.1. The van der Waals surface area contributed by atoms with Gasteiger partial charge >= 0.3 is 0 Å². The molecule has 0 aliphatic carbocycles. The lowest BCUT2D eigenvalue weighted by atomic mass is 10.2. The normalized spacial score (nSPS) is 15.0. The minimum absolute atomic E-state index is 0.0535. The van der Waals surface area contributed by atoms with Gasteiger partial charge in [-0.25, -0.2) is 8.42 Å². The van der Waals surface area contributed by atoms with Crippen LogP contribution in [0.25, 0.3) is 0 Å². The van der Waals surface area contributed by atoms with Gasteiger partial charge in [-0.2, -0.15) is 4.31 Å². The summed E-state index contributed by atoms with van der Waals surface area (Å²) in [7, 11) is -2.28. The molecule has 0 radical (unpaired) electrons. The van der Waals surface area contributed by atoms with Crippen LogP contribution in [0.4, 0.5) is 5.69 Å². The number of sulfonamides is 1. The van der Waals surface area contributed by atoms with Crippen LogP contribution in [0.1, 0.15) is 36.5 Å². The first-order valence-corrected chi connectivity index (χ1v) is 11.1. The Kier molecular flexibility index (Phi) is 6.76. The average molecular weight is 419 g/mol. The van der Waals surface area contributed by atoms with E-state index in [9.17, 15) is 13.2 Å². The fourth-order valence-corrected chi connectivity index (χ4v) is 5.03. The van der Waals surface area contributed by atoms with Gasteiger partial charge in [0.2, 0.25) is 10.0 Å². The smallest absolute Gasteiger partial charge is 0.259 e. The second-order valence-electron chi connectivity index (χ2n) is 6.71. The fourth-order valence-electron chi connectivity index (χ4n) is 3.33. The van der Waals surface area contributed by atoms with Crippen molar-refractivity contribution < 1.29 is 22.7 Å². The van der Waals surface area contributed by atoms with E-state index >= 15 is 0 Å². The van der Waals surface area contributed by atoms with E-state index < -0.39 is 10.0 Å². The van der Waals surface area contributed by atoms with Gasteiger partial charge in [-0.15, -0.1) is 0 Å². The summed E-state index contributed by atoms with van der Waals surface area (Å²) in [6.45, 7) is 3.26. The molecule has 0 saturated carbocycles. The first-order chi connectivity index (χ1) is 14.0. The number of ether oxygens (including phenoxy) is 2. The molecule has 1 amide bonds. The summed E-state index contributed by atoms with van der Waals surface area (Å²) in [4.78, 5) is 12.8. The lowest BCUT2D eigenvalue weighted by Gasteiger charge is -2.26. The molecule has 0 spiro atoms. The first-order valence-electron chi connectivity index (χ1n) is 9.68. The van der Waals surface area contributed by atoms with E-state index in [1.165, 1.54) is 17.5 Å². The molecule has 156 valence electrons. The van der Waals surface area contributed by atoms with Gasteiger partial charge in [-0.1, -0.05) is 18.6 Å². The van der Waals surface area contributed by atoms with Gasteiger partial charge in [0.1, 0.15) is 16.4 Å². The van der Waals surface area contributed by atoms with Crippen LogP contribution in [0.5, 0.6) is 11.5 Å². The molecule has 7 nitrogen and oxygen atoms in total. The van der Waals surface area contributed by atoms with E-state index in [1.54, 1.807) is 36.4 Å². The van der Waals surface area contributed by atoms with Crippen molar-refractivity contribution >= 4 is 21.6 Å². The van der Waals surface area contributed by atoms with E-state index in [0.29, 0.717) is 36.7 Å². The number of carbonyl (C=O) groups is 1. The van der Waals surface area contributed by atoms with Crippen molar-refractivity contribution in [2.75, 3.05) is 32.1 Å². The predicted molar refractivity (Wildman–Crippen MR) is 111 cm³/mol. The molecule has 1 saturated heterocycles. The molecule has 8 heteroatoms. The van der Waals surface area contributed by atoms with Crippen molar-refractivity contribution in [3.05, 3.63) is 48.0 Å². The Balaban J connectivity index is 1.90. The van der Waals surface area contributed by atoms with Crippen LogP contribution in [-0.4, -0.2) is 45.4 Å². The third-order valence-corrected chi connectivity index (χ3v) is 6.71. The Hall–Kier alpha value is -2.58. The zero-order chi connectivity index (χ0) is 20.9. The standard InChI is InChI=1S/C21H26N2O5S/c1-3-28-18-10-6-5-9-17(18)21(24)22-16-11-12-19(27-2)20(15-16)29(25,26)23-13-7-4-8-14-23/h5-6,9-12,15H,3-4,7-8,13-14H2,1-2H3,(H,22,24). The molecule has 2 aromatic rings.